The normalized spacial score (nSPS) is 16.0. The molecule has 0 spiro atoms. The van der Waals surface area contributed by atoms with E-state index in [1.165, 1.54) is 41.9 Å². The zero-order valence-corrected chi connectivity index (χ0v) is 20.6. The highest BCUT2D eigenvalue weighted by Crippen LogP contribution is 2.26. The molecule has 15 heteroatoms. The van der Waals surface area contributed by atoms with Crippen LogP contribution in [0.3, 0.4) is 0 Å². The molecule has 2 aromatic carbocycles. The summed E-state index contributed by atoms with van der Waals surface area (Å²) in [5.41, 5.74) is 0.499. The van der Waals surface area contributed by atoms with Crippen LogP contribution in [0.25, 0.3) is 5.69 Å². The molecule has 3 aromatic rings. The van der Waals surface area contributed by atoms with Gasteiger partial charge in [0.2, 0.25) is 0 Å². The van der Waals surface area contributed by atoms with Gasteiger partial charge in [0, 0.05) is 5.02 Å². The van der Waals surface area contributed by atoms with Crippen LogP contribution in [0.5, 0.6) is 0 Å². The third-order valence-corrected chi connectivity index (χ3v) is 6.01. The predicted octanol–water partition coefficient (Wildman–Crippen LogP) is 3.64. The molecule has 0 radical (unpaired) electrons. The van der Waals surface area contributed by atoms with Crippen molar-refractivity contribution in [2.45, 2.75) is 31.9 Å². The van der Waals surface area contributed by atoms with E-state index in [4.69, 9.17) is 23.2 Å². The molecule has 9 nitrogen and oxygen atoms in total. The Kier molecular flexibility index (Phi) is 7.51. The van der Waals surface area contributed by atoms with Gasteiger partial charge in [-0.25, -0.2) is 19.0 Å². The summed E-state index contributed by atoms with van der Waals surface area (Å²) >= 11 is 12.0. The van der Waals surface area contributed by atoms with Crippen LogP contribution in [0.2, 0.25) is 10.0 Å². The fraction of sp³-hybridized carbons (Fsp3) is 0.318. The van der Waals surface area contributed by atoms with Gasteiger partial charge in [-0.1, -0.05) is 23.2 Å². The van der Waals surface area contributed by atoms with Crippen LogP contribution in [-0.2, 0) is 6.54 Å². The lowest BCUT2D eigenvalue weighted by molar-refractivity contribution is -0.631. The largest absolute Gasteiger partial charge is 0.692 e. The van der Waals surface area contributed by atoms with E-state index in [0.29, 0.717) is 9.87 Å². The molecule has 1 aliphatic heterocycles. The summed E-state index contributed by atoms with van der Waals surface area (Å²) in [4.78, 5) is 5.72. The Labute approximate surface area is 217 Å². The molecular weight excluding hydrogens is 543 g/mol. The standard InChI is InChI=1S/C22H20Cl2F4N6O3/c1-12(35)20-29-19(30-33(20)17-7-6-15(25)8-16(17)24)10-32-11-31(9-18(36)22(26,27)28)21(34(32)37)13-2-4-14(23)5-3-13/h2-8,12,18,35-36H,9-11H2,1H3/t12-,18-/m0/s1. The number of aliphatic hydroxyl groups excluding tert-OH is 2. The number of hydrazone groups is 1. The first kappa shape index (κ1) is 26.9. The molecule has 0 fully saturated rings. The van der Waals surface area contributed by atoms with Gasteiger partial charge in [-0.3, -0.25) is 0 Å². The highest BCUT2D eigenvalue weighted by atomic mass is 35.5. The summed E-state index contributed by atoms with van der Waals surface area (Å²) in [6.45, 7) is -0.0813. The molecule has 1 aromatic heterocycles. The molecule has 2 atom stereocenters. The number of amidine groups is 1. The Morgan fingerprint density at radius 1 is 1.14 bits per heavy atom. The van der Waals surface area contributed by atoms with Gasteiger partial charge in [-0.2, -0.15) is 23.0 Å². The van der Waals surface area contributed by atoms with Crippen LogP contribution < -0.4 is 0 Å². The Morgan fingerprint density at radius 2 is 1.81 bits per heavy atom. The molecule has 0 saturated carbocycles. The van der Waals surface area contributed by atoms with Gasteiger partial charge in [0.25, 0.3) is 0 Å². The summed E-state index contributed by atoms with van der Waals surface area (Å²) in [5, 5.41) is 38.8. The quantitative estimate of drug-likeness (QED) is 0.257. The number of hydrogen-bond donors (Lipinski definition) is 2. The fourth-order valence-electron chi connectivity index (χ4n) is 3.74. The molecule has 198 valence electrons. The second-order valence-corrected chi connectivity index (χ2v) is 9.10. The maximum absolute atomic E-state index is 13.5. The van der Waals surface area contributed by atoms with Crippen LogP contribution in [-0.4, -0.2) is 71.1 Å². The molecule has 4 rings (SSSR count). The van der Waals surface area contributed by atoms with Gasteiger partial charge < -0.3 is 15.4 Å². The predicted molar refractivity (Wildman–Crippen MR) is 125 cm³/mol. The van der Waals surface area contributed by atoms with Crippen molar-refractivity contribution in [2.75, 3.05) is 13.2 Å². The van der Waals surface area contributed by atoms with Crippen molar-refractivity contribution < 1.29 is 32.6 Å². The topological polar surface area (TPSA) is 104 Å². The first-order valence-corrected chi connectivity index (χ1v) is 11.5. The number of halogens is 6. The summed E-state index contributed by atoms with van der Waals surface area (Å²) < 4.78 is 53.9. The van der Waals surface area contributed by atoms with Gasteiger partial charge in [-0.05, 0) is 49.4 Å². The molecule has 0 unspecified atom stereocenters. The summed E-state index contributed by atoms with van der Waals surface area (Å²) in [7, 11) is 0. The van der Waals surface area contributed by atoms with E-state index >= 15 is 0 Å². The van der Waals surface area contributed by atoms with Crippen molar-refractivity contribution in [2.24, 2.45) is 0 Å². The number of rotatable bonds is 7. The SMILES string of the molecule is C[C@H](O)c1nc(CN2CN(C[C@H](O)C(F)(F)F)C(c3ccc(Cl)cc3)=[N+]2[O-])nn1-c1ccc(F)cc1Cl. The van der Waals surface area contributed by atoms with Crippen LogP contribution in [0.15, 0.2) is 42.5 Å². The van der Waals surface area contributed by atoms with Gasteiger partial charge in [0.15, 0.2) is 24.4 Å². The monoisotopic (exact) mass is 562 g/mol. The number of β-amino-alcohol motifs (C(OH)–C–C–N with tert-alkyl or cyclic N) is 1. The zero-order chi connectivity index (χ0) is 27.1. The average Bonchev–Trinajstić information content (AvgIpc) is 3.35. The summed E-state index contributed by atoms with van der Waals surface area (Å²) in [6, 6.07) is 9.42. The van der Waals surface area contributed by atoms with Crippen LogP contribution in [0.4, 0.5) is 17.6 Å². The lowest BCUT2D eigenvalue weighted by Gasteiger charge is -2.19. The molecule has 2 heterocycles. The van der Waals surface area contributed by atoms with E-state index in [2.05, 4.69) is 10.1 Å². The second kappa shape index (κ2) is 10.3. The first-order chi connectivity index (χ1) is 17.3. The number of hydrazine groups is 1. The Bertz CT molecular complexity index is 1320. The van der Waals surface area contributed by atoms with E-state index in [1.54, 1.807) is 0 Å². The third-order valence-electron chi connectivity index (χ3n) is 5.46. The highest BCUT2D eigenvalue weighted by Gasteiger charge is 2.45. The number of aliphatic hydroxyl groups is 2. The van der Waals surface area contributed by atoms with E-state index in [0.717, 1.165) is 22.0 Å². The average molecular weight is 563 g/mol. The van der Waals surface area contributed by atoms with Crippen molar-refractivity contribution in [1.82, 2.24) is 24.7 Å². The third kappa shape index (κ3) is 5.74. The Balaban J connectivity index is 1.68. The van der Waals surface area contributed by atoms with Crippen molar-refractivity contribution in [1.29, 1.82) is 0 Å². The van der Waals surface area contributed by atoms with Crippen molar-refractivity contribution in [3.63, 3.8) is 0 Å². The maximum Gasteiger partial charge on any atom is 0.418 e. The van der Waals surface area contributed by atoms with Crippen molar-refractivity contribution >= 4 is 29.0 Å². The Hall–Kier alpha value is -3.13. The van der Waals surface area contributed by atoms with Crippen LogP contribution in [0.1, 0.15) is 30.2 Å². The minimum Gasteiger partial charge on any atom is -0.692 e. The zero-order valence-electron chi connectivity index (χ0n) is 19.1. The van der Waals surface area contributed by atoms with Crippen LogP contribution >= 0.6 is 23.2 Å². The molecule has 0 amide bonds. The molecule has 2 N–H and O–H groups in total. The van der Waals surface area contributed by atoms with E-state index in [-0.39, 0.29) is 47.0 Å². The summed E-state index contributed by atoms with van der Waals surface area (Å²) in [6.07, 6.45) is -8.73. The van der Waals surface area contributed by atoms with Gasteiger partial charge >= 0.3 is 12.0 Å². The molecule has 37 heavy (non-hydrogen) atoms. The van der Waals surface area contributed by atoms with Gasteiger partial charge in [0.05, 0.1) is 16.3 Å². The van der Waals surface area contributed by atoms with E-state index in [1.807, 2.05) is 0 Å². The van der Waals surface area contributed by atoms with Gasteiger partial charge in [-0.15, -0.1) is 5.10 Å². The number of aromatic nitrogens is 3. The van der Waals surface area contributed by atoms with Gasteiger partial charge in [0.1, 0.15) is 25.0 Å². The number of hydrogen-bond acceptors (Lipinski definition) is 7. The van der Waals surface area contributed by atoms with Crippen molar-refractivity contribution in [3.8, 4) is 5.69 Å². The van der Waals surface area contributed by atoms with E-state index in [9.17, 15) is 33.0 Å². The maximum atomic E-state index is 13.5. The second-order valence-electron chi connectivity index (χ2n) is 8.26. The lowest BCUT2D eigenvalue weighted by atomic mass is 10.2. The lowest BCUT2D eigenvalue weighted by Crippen LogP contribution is -2.43. The summed E-state index contributed by atoms with van der Waals surface area (Å²) in [5.74, 6) is -0.646. The minimum absolute atomic E-state index is 0.00403. The fourth-order valence-corrected chi connectivity index (χ4v) is 4.11. The molecule has 0 saturated heterocycles. The van der Waals surface area contributed by atoms with Crippen LogP contribution in [0, 0.1) is 11.0 Å². The van der Waals surface area contributed by atoms with E-state index < -0.39 is 30.7 Å². The smallest absolute Gasteiger partial charge is 0.418 e. The molecule has 0 aliphatic carbocycles. The molecular formula is C22H20Cl2F4N6O3. The molecule has 1 aliphatic rings. The highest BCUT2D eigenvalue weighted by molar-refractivity contribution is 6.32. The number of benzene rings is 2. The molecule has 0 bridgehead atoms. The number of nitrogens with zero attached hydrogens (tertiary/aromatic N) is 6. The Morgan fingerprint density at radius 3 is 2.41 bits per heavy atom. The first-order valence-electron chi connectivity index (χ1n) is 10.8. The van der Waals surface area contributed by atoms with Crippen molar-refractivity contribution in [3.05, 3.63) is 80.7 Å². The number of alkyl halides is 3. The minimum atomic E-state index is -4.90.